The van der Waals surface area contributed by atoms with Crippen molar-refractivity contribution in [3.63, 3.8) is 0 Å². The van der Waals surface area contributed by atoms with E-state index in [-0.39, 0.29) is 11.7 Å². The van der Waals surface area contributed by atoms with Gasteiger partial charge in [0.05, 0.1) is 5.92 Å². The van der Waals surface area contributed by atoms with Gasteiger partial charge in [-0.2, -0.15) is 0 Å². The Balaban J connectivity index is 4.39. The molecule has 17 heavy (non-hydrogen) atoms. The van der Waals surface area contributed by atoms with Crippen molar-refractivity contribution in [2.75, 3.05) is 27.3 Å². The lowest BCUT2D eigenvalue weighted by molar-refractivity contribution is -0.132. The molecule has 0 aliphatic carbocycles. The number of nitrogens with two attached hydrogens (primary N) is 1. The van der Waals surface area contributed by atoms with Gasteiger partial charge in [0.1, 0.15) is 0 Å². The predicted molar refractivity (Wildman–Crippen MR) is 65.9 cm³/mol. The number of carbonyl (C=O) groups is 1. The molecule has 0 saturated heterocycles. The van der Waals surface area contributed by atoms with Gasteiger partial charge in [0.15, 0.2) is 5.84 Å². The normalized spacial score (nSPS) is 13.5. The molecule has 0 bridgehead atoms. The average Bonchev–Trinajstić information content (AvgIpc) is 2.34. The molecule has 0 aliphatic heterocycles. The van der Waals surface area contributed by atoms with Gasteiger partial charge >= 0.3 is 0 Å². The van der Waals surface area contributed by atoms with E-state index in [1.165, 1.54) is 0 Å². The van der Waals surface area contributed by atoms with Crippen molar-refractivity contribution in [1.82, 2.24) is 4.90 Å². The molecule has 3 N–H and O–H groups in total. The van der Waals surface area contributed by atoms with Crippen LogP contribution in [0.2, 0.25) is 0 Å². The monoisotopic (exact) mass is 245 g/mol. The van der Waals surface area contributed by atoms with Gasteiger partial charge in [-0.3, -0.25) is 4.79 Å². The number of carbonyl (C=O) groups excluding carboxylic acids is 1. The summed E-state index contributed by atoms with van der Waals surface area (Å²) in [6.45, 7) is 3.17. The molecular weight excluding hydrogens is 222 g/mol. The van der Waals surface area contributed by atoms with E-state index in [4.69, 9.17) is 15.7 Å². The zero-order valence-electron chi connectivity index (χ0n) is 10.8. The van der Waals surface area contributed by atoms with E-state index in [0.29, 0.717) is 19.6 Å². The molecule has 0 aromatic heterocycles. The number of hydrogen-bond donors (Lipinski definition) is 2. The minimum Gasteiger partial charge on any atom is -0.409 e. The molecule has 100 valence electrons. The fourth-order valence-corrected chi connectivity index (χ4v) is 1.58. The van der Waals surface area contributed by atoms with Crippen LogP contribution >= 0.6 is 0 Å². The molecule has 0 saturated carbocycles. The highest BCUT2D eigenvalue weighted by Crippen LogP contribution is 2.10. The molecule has 6 nitrogen and oxygen atoms in total. The third-order valence-corrected chi connectivity index (χ3v) is 2.57. The average molecular weight is 245 g/mol. The Kier molecular flexibility index (Phi) is 8.13. The van der Waals surface area contributed by atoms with E-state index in [2.05, 4.69) is 5.16 Å². The molecule has 0 rings (SSSR count). The lowest BCUT2D eigenvalue weighted by Gasteiger charge is -2.22. The summed E-state index contributed by atoms with van der Waals surface area (Å²) in [7, 11) is 3.34. The van der Waals surface area contributed by atoms with Gasteiger partial charge < -0.3 is 20.6 Å². The Bertz CT molecular complexity index is 256. The first kappa shape index (κ1) is 15.7. The fourth-order valence-electron chi connectivity index (χ4n) is 1.58. The second-order valence-corrected chi connectivity index (χ2v) is 3.97. The summed E-state index contributed by atoms with van der Waals surface area (Å²) in [5.74, 6) is -0.661. The van der Waals surface area contributed by atoms with Crippen LogP contribution in [-0.2, 0) is 9.53 Å². The second kappa shape index (κ2) is 8.81. The molecule has 0 aromatic carbocycles. The lowest BCUT2D eigenvalue weighted by atomic mass is 10.0. The maximum Gasteiger partial charge on any atom is 0.233 e. The highest BCUT2D eigenvalue weighted by atomic mass is 16.5. The molecule has 1 amide bonds. The van der Waals surface area contributed by atoms with Crippen molar-refractivity contribution < 1.29 is 14.7 Å². The van der Waals surface area contributed by atoms with Crippen LogP contribution in [0.15, 0.2) is 5.16 Å². The fraction of sp³-hybridized carbons (Fsp3) is 0.818. The maximum absolute atomic E-state index is 12.0. The van der Waals surface area contributed by atoms with E-state index < -0.39 is 5.92 Å². The number of nitrogens with zero attached hydrogens (tertiary/aromatic N) is 2. The van der Waals surface area contributed by atoms with Crippen LogP contribution in [0.25, 0.3) is 0 Å². The van der Waals surface area contributed by atoms with Crippen molar-refractivity contribution in [3.05, 3.63) is 0 Å². The molecule has 0 radical (unpaired) electrons. The van der Waals surface area contributed by atoms with Crippen molar-refractivity contribution in [2.45, 2.75) is 26.2 Å². The highest BCUT2D eigenvalue weighted by molar-refractivity contribution is 6.01. The van der Waals surface area contributed by atoms with Gasteiger partial charge in [-0.25, -0.2) is 0 Å². The SMILES string of the molecule is CCCC(C(=O)N(C)CCCOC)C(N)=NO. The first-order chi connectivity index (χ1) is 8.08. The number of ether oxygens (including phenoxy) is 1. The van der Waals surface area contributed by atoms with Crippen LogP contribution in [0, 0.1) is 5.92 Å². The van der Waals surface area contributed by atoms with Gasteiger partial charge in [-0.05, 0) is 12.8 Å². The predicted octanol–water partition coefficient (Wildman–Crippen LogP) is 0.644. The van der Waals surface area contributed by atoms with Crippen LogP contribution in [0.3, 0.4) is 0 Å². The second-order valence-electron chi connectivity index (χ2n) is 3.97. The zero-order chi connectivity index (χ0) is 13.3. The van der Waals surface area contributed by atoms with Crippen LogP contribution in [0.1, 0.15) is 26.2 Å². The third-order valence-electron chi connectivity index (χ3n) is 2.57. The Morgan fingerprint density at radius 1 is 1.59 bits per heavy atom. The summed E-state index contributed by atoms with van der Waals surface area (Å²) in [5.41, 5.74) is 5.52. The van der Waals surface area contributed by atoms with Crippen LogP contribution in [0.4, 0.5) is 0 Å². The summed E-state index contributed by atoms with van der Waals surface area (Å²) < 4.78 is 4.92. The number of amides is 1. The van der Waals surface area contributed by atoms with Crippen LogP contribution < -0.4 is 5.73 Å². The standard InChI is InChI=1S/C11H23N3O3/c1-4-6-9(10(12)13-16)11(15)14(2)7-5-8-17-3/h9,16H,4-8H2,1-3H3,(H2,12,13). The van der Waals surface area contributed by atoms with Crippen molar-refractivity contribution in [3.8, 4) is 0 Å². The van der Waals surface area contributed by atoms with E-state index in [0.717, 1.165) is 12.8 Å². The number of oxime groups is 1. The molecule has 1 atom stereocenters. The van der Waals surface area contributed by atoms with Gasteiger partial charge in [-0.1, -0.05) is 18.5 Å². The van der Waals surface area contributed by atoms with Crippen LogP contribution in [0.5, 0.6) is 0 Å². The largest absolute Gasteiger partial charge is 0.409 e. The third kappa shape index (κ3) is 5.53. The van der Waals surface area contributed by atoms with Gasteiger partial charge in [0, 0.05) is 27.3 Å². The summed E-state index contributed by atoms with van der Waals surface area (Å²) in [5, 5.41) is 11.6. The summed E-state index contributed by atoms with van der Waals surface area (Å²) in [4.78, 5) is 13.6. The summed E-state index contributed by atoms with van der Waals surface area (Å²) >= 11 is 0. The molecule has 6 heteroatoms. The Labute approximate surface area is 102 Å². The molecule has 0 aromatic rings. The molecule has 1 unspecified atom stereocenters. The Morgan fingerprint density at radius 2 is 2.24 bits per heavy atom. The minimum absolute atomic E-state index is 0.0181. The van der Waals surface area contributed by atoms with Crippen molar-refractivity contribution >= 4 is 11.7 Å². The topological polar surface area (TPSA) is 88.2 Å². The number of hydrogen-bond acceptors (Lipinski definition) is 4. The highest BCUT2D eigenvalue weighted by Gasteiger charge is 2.25. The Hall–Kier alpha value is -1.30. The first-order valence-corrected chi connectivity index (χ1v) is 5.79. The molecule has 0 fully saturated rings. The number of rotatable bonds is 8. The molecule has 0 aliphatic rings. The maximum atomic E-state index is 12.0. The minimum atomic E-state index is -0.530. The van der Waals surface area contributed by atoms with E-state index in [1.807, 2.05) is 6.92 Å². The zero-order valence-corrected chi connectivity index (χ0v) is 10.8. The molecule has 0 spiro atoms. The summed E-state index contributed by atoms with van der Waals surface area (Å²) in [6.07, 6.45) is 2.16. The van der Waals surface area contributed by atoms with E-state index in [9.17, 15) is 4.79 Å². The molecule has 0 heterocycles. The van der Waals surface area contributed by atoms with E-state index in [1.54, 1.807) is 19.1 Å². The van der Waals surface area contributed by atoms with Crippen LogP contribution in [-0.4, -0.2) is 49.2 Å². The van der Waals surface area contributed by atoms with Crippen molar-refractivity contribution in [2.24, 2.45) is 16.8 Å². The molecular formula is C11H23N3O3. The Morgan fingerprint density at radius 3 is 2.71 bits per heavy atom. The van der Waals surface area contributed by atoms with Gasteiger partial charge in [0.2, 0.25) is 5.91 Å². The lowest BCUT2D eigenvalue weighted by Crippen LogP contribution is -2.40. The summed E-state index contributed by atoms with van der Waals surface area (Å²) in [6, 6.07) is 0. The first-order valence-electron chi connectivity index (χ1n) is 5.79. The number of methoxy groups -OCH3 is 1. The smallest absolute Gasteiger partial charge is 0.233 e. The van der Waals surface area contributed by atoms with Gasteiger partial charge in [0.25, 0.3) is 0 Å². The van der Waals surface area contributed by atoms with Gasteiger partial charge in [-0.15, -0.1) is 0 Å². The number of amidine groups is 1. The van der Waals surface area contributed by atoms with E-state index >= 15 is 0 Å². The quantitative estimate of drug-likeness (QED) is 0.216. The van der Waals surface area contributed by atoms with Crippen molar-refractivity contribution in [1.29, 1.82) is 0 Å².